The normalized spacial score (nSPS) is 11.2. The van der Waals surface area contributed by atoms with Gasteiger partial charge in [0.15, 0.2) is 0 Å². The Bertz CT molecular complexity index is 260. The van der Waals surface area contributed by atoms with E-state index >= 15 is 0 Å². The van der Waals surface area contributed by atoms with E-state index in [0.717, 1.165) is 19.4 Å². The van der Waals surface area contributed by atoms with Gasteiger partial charge in [0, 0.05) is 20.3 Å². The molecule has 0 spiro atoms. The lowest BCUT2D eigenvalue weighted by Crippen LogP contribution is -2.26. The topological polar surface area (TPSA) is 38.3 Å². The highest BCUT2D eigenvalue weighted by molar-refractivity contribution is 5.56. The first-order chi connectivity index (χ1) is 7.74. The first-order valence-corrected chi connectivity index (χ1v) is 5.46. The summed E-state index contributed by atoms with van der Waals surface area (Å²) in [5.74, 6) is 0. The Hall–Kier alpha value is -1.19. The van der Waals surface area contributed by atoms with Crippen molar-refractivity contribution in [2.75, 3.05) is 13.7 Å². The smallest absolute Gasteiger partial charge is 0.136 e. The van der Waals surface area contributed by atoms with Gasteiger partial charge in [-0.05, 0) is 19.4 Å². The average molecular weight is 223 g/mol. The van der Waals surface area contributed by atoms with Crippen LogP contribution < -0.4 is 5.32 Å². The Morgan fingerprint density at radius 1 is 1.38 bits per heavy atom. The molecule has 0 saturated heterocycles. The van der Waals surface area contributed by atoms with E-state index in [2.05, 4.69) is 10.1 Å². The van der Waals surface area contributed by atoms with Crippen LogP contribution in [0.5, 0.6) is 0 Å². The number of aldehydes is 1. The molecular formula is C13H21NO2. The van der Waals surface area contributed by atoms with Crippen LogP contribution in [0.3, 0.4) is 0 Å². The molecule has 1 unspecified atom stereocenters. The minimum atomic E-state index is -0.0646. The van der Waals surface area contributed by atoms with Crippen LogP contribution in [0.25, 0.3) is 0 Å². The maximum atomic E-state index is 10.3. The average Bonchev–Trinajstić information content (AvgIpc) is 2.37. The van der Waals surface area contributed by atoms with Gasteiger partial charge in [0.2, 0.25) is 0 Å². The molecule has 3 heteroatoms. The van der Waals surface area contributed by atoms with Crippen LogP contribution in [0.2, 0.25) is 0 Å². The summed E-state index contributed by atoms with van der Waals surface area (Å²) in [5.41, 5.74) is 1.20. The number of hydrogen-bond donors (Lipinski definition) is 1. The number of nitrogens with one attached hydrogen (secondary N) is 1. The molecule has 1 atom stereocenters. The molecular weight excluding hydrogens is 202 g/mol. The Labute approximate surface area is 97.8 Å². The maximum Gasteiger partial charge on any atom is 0.136 e. The van der Waals surface area contributed by atoms with Crippen molar-refractivity contribution in [1.82, 2.24) is 5.32 Å². The van der Waals surface area contributed by atoms with E-state index < -0.39 is 0 Å². The predicted molar refractivity (Wildman–Crippen MR) is 66.4 cm³/mol. The summed E-state index contributed by atoms with van der Waals surface area (Å²) in [6, 6.07) is 9.96. The first-order valence-electron chi connectivity index (χ1n) is 5.46. The number of methoxy groups -OCH3 is 1. The van der Waals surface area contributed by atoms with Crippen molar-refractivity contribution < 1.29 is 9.53 Å². The van der Waals surface area contributed by atoms with Crippen molar-refractivity contribution in [2.45, 2.75) is 26.4 Å². The molecule has 0 aromatic heterocycles. The minimum Gasteiger partial charge on any atom is -0.385 e. The van der Waals surface area contributed by atoms with Gasteiger partial charge >= 0.3 is 0 Å². The van der Waals surface area contributed by atoms with Gasteiger partial charge in [0.05, 0.1) is 6.04 Å². The van der Waals surface area contributed by atoms with Crippen LogP contribution in [0.4, 0.5) is 0 Å². The third-order valence-corrected chi connectivity index (χ3v) is 1.96. The number of rotatable bonds is 5. The molecule has 0 fully saturated rings. The molecule has 1 aromatic rings. The van der Waals surface area contributed by atoms with E-state index in [1.807, 2.05) is 44.2 Å². The highest BCUT2D eigenvalue weighted by Gasteiger charge is 1.96. The lowest BCUT2D eigenvalue weighted by molar-refractivity contribution is -0.109. The summed E-state index contributed by atoms with van der Waals surface area (Å²) in [7, 11) is 1.68. The van der Waals surface area contributed by atoms with Crippen molar-refractivity contribution in [3.63, 3.8) is 0 Å². The van der Waals surface area contributed by atoms with Gasteiger partial charge in [-0.15, -0.1) is 0 Å². The number of benzene rings is 1. The van der Waals surface area contributed by atoms with Crippen LogP contribution in [0.1, 0.15) is 19.4 Å². The molecule has 0 aliphatic heterocycles. The standard InChI is InChI=1S/C10H13NO.C3H8O/c1-9(8-12)11-7-10-5-3-2-4-6-10;1-3-4-2/h2-6,8-9,11H,7H2,1H3;3H2,1-2H3. The Balaban J connectivity index is 0.000000487. The van der Waals surface area contributed by atoms with Crippen molar-refractivity contribution in [3.05, 3.63) is 35.9 Å². The molecule has 1 rings (SSSR count). The van der Waals surface area contributed by atoms with Crippen LogP contribution in [0.15, 0.2) is 30.3 Å². The van der Waals surface area contributed by atoms with E-state index in [4.69, 9.17) is 0 Å². The predicted octanol–water partition coefficient (Wildman–Crippen LogP) is 2.02. The second-order valence-corrected chi connectivity index (χ2v) is 3.37. The minimum absolute atomic E-state index is 0.0646. The molecule has 1 N–H and O–H groups in total. The molecule has 0 aliphatic carbocycles. The zero-order valence-corrected chi connectivity index (χ0v) is 10.3. The summed E-state index contributed by atoms with van der Waals surface area (Å²) in [4.78, 5) is 10.3. The Morgan fingerprint density at radius 2 is 1.94 bits per heavy atom. The van der Waals surface area contributed by atoms with Crippen LogP contribution >= 0.6 is 0 Å². The quantitative estimate of drug-likeness (QED) is 0.776. The third-order valence-electron chi connectivity index (χ3n) is 1.96. The van der Waals surface area contributed by atoms with Gasteiger partial charge in [0.25, 0.3) is 0 Å². The highest BCUT2D eigenvalue weighted by atomic mass is 16.5. The van der Waals surface area contributed by atoms with E-state index in [-0.39, 0.29) is 6.04 Å². The van der Waals surface area contributed by atoms with E-state index in [1.54, 1.807) is 7.11 Å². The fourth-order valence-electron chi connectivity index (χ4n) is 0.923. The Kier molecular flexibility index (Phi) is 9.56. The summed E-state index contributed by atoms with van der Waals surface area (Å²) in [6.07, 6.45) is 0.906. The lowest BCUT2D eigenvalue weighted by atomic mass is 10.2. The number of carbonyl (C=O) groups is 1. The SMILES string of the molecule is CC(C=O)NCc1ccccc1.CCOC. The largest absolute Gasteiger partial charge is 0.385 e. The van der Waals surface area contributed by atoms with Gasteiger partial charge < -0.3 is 14.8 Å². The molecule has 90 valence electrons. The van der Waals surface area contributed by atoms with E-state index in [9.17, 15) is 4.79 Å². The molecule has 1 aromatic carbocycles. The van der Waals surface area contributed by atoms with E-state index in [0.29, 0.717) is 0 Å². The Morgan fingerprint density at radius 3 is 2.38 bits per heavy atom. The first kappa shape index (κ1) is 14.8. The fourth-order valence-corrected chi connectivity index (χ4v) is 0.923. The highest BCUT2D eigenvalue weighted by Crippen LogP contribution is 1.97. The lowest BCUT2D eigenvalue weighted by Gasteiger charge is -2.05. The second-order valence-electron chi connectivity index (χ2n) is 3.37. The molecule has 0 bridgehead atoms. The number of carbonyl (C=O) groups excluding carboxylic acids is 1. The molecule has 3 nitrogen and oxygen atoms in total. The number of hydrogen-bond acceptors (Lipinski definition) is 3. The molecule has 0 saturated carbocycles. The van der Waals surface area contributed by atoms with Crippen LogP contribution in [0, 0.1) is 0 Å². The second kappa shape index (κ2) is 10.3. The van der Waals surface area contributed by atoms with Crippen molar-refractivity contribution in [3.8, 4) is 0 Å². The van der Waals surface area contributed by atoms with Gasteiger partial charge in [-0.2, -0.15) is 0 Å². The van der Waals surface area contributed by atoms with Crippen LogP contribution in [-0.2, 0) is 16.1 Å². The molecule has 16 heavy (non-hydrogen) atoms. The van der Waals surface area contributed by atoms with Gasteiger partial charge in [-0.25, -0.2) is 0 Å². The zero-order valence-electron chi connectivity index (χ0n) is 10.3. The van der Waals surface area contributed by atoms with Gasteiger partial charge in [0.1, 0.15) is 6.29 Å². The molecule has 0 aliphatic rings. The number of ether oxygens (including phenoxy) is 1. The zero-order chi connectivity index (χ0) is 12.2. The maximum absolute atomic E-state index is 10.3. The van der Waals surface area contributed by atoms with Crippen LogP contribution in [-0.4, -0.2) is 26.0 Å². The molecule has 0 heterocycles. The third kappa shape index (κ3) is 8.15. The summed E-state index contributed by atoms with van der Waals surface area (Å²) < 4.78 is 4.54. The summed E-state index contributed by atoms with van der Waals surface area (Å²) in [5, 5.41) is 3.08. The molecule has 0 radical (unpaired) electrons. The van der Waals surface area contributed by atoms with Crippen molar-refractivity contribution >= 4 is 6.29 Å². The summed E-state index contributed by atoms with van der Waals surface area (Å²) >= 11 is 0. The monoisotopic (exact) mass is 223 g/mol. The summed E-state index contributed by atoms with van der Waals surface area (Å²) in [6.45, 7) is 5.37. The van der Waals surface area contributed by atoms with Gasteiger partial charge in [-0.1, -0.05) is 30.3 Å². The van der Waals surface area contributed by atoms with Crippen molar-refractivity contribution in [2.24, 2.45) is 0 Å². The van der Waals surface area contributed by atoms with E-state index in [1.165, 1.54) is 5.56 Å². The van der Waals surface area contributed by atoms with Crippen molar-refractivity contribution in [1.29, 1.82) is 0 Å². The molecule has 0 amide bonds. The fraction of sp³-hybridized carbons (Fsp3) is 0.462. The van der Waals surface area contributed by atoms with Gasteiger partial charge in [-0.3, -0.25) is 0 Å².